The molecule has 1 aromatic heterocycles. The molecule has 0 aliphatic carbocycles. The summed E-state index contributed by atoms with van der Waals surface area (Å²) in [5, 5.41) is 6.49. The monoisotopic (exact) mass is 186 g/mol. The predicted octanol–water partition coefficient (Wildman–Crippen LogP) is 1.97. The lowest BCUT2D eigenvalue weighted by molar-refractivity contribution is 0.0387. The molecule has 0 saturated carbocycles. The van der Waals surface area contributed by atoms with Crippen LogP contribution in [0.3, 0.4) is 0 Å². The molecule has 1 aliphatic rings. The SMILES string of the molecule is CC1CCC(c2n[nH]c(=S)o2)O1. The van der Waals surface area contributed by atoms with Gasteiger partial charge in [0.1, 0.15) is 6.10 Å². The van der Waals surface area contributed by atoms with Gasteiger partial charge in [0.15, 0.2) is 0 Å². The molecule has 0 aromatic carbocycles. The van der Waals surface area contributed by atoms with Crippen LogP contribution < -0.4 is 0 Å². The number of aromatic nitrogens is 2. The topological polar surface area (TPSA) is 51.0 Å². The highest BCUT2D eigenvalue weighted by molar-refractivity contribution is 7.71. The van der Waals surface area contributed by atoms with E-state index in [4.69, 9.17) is 21.4 Å². The van der Waals surface area contributed by atoms with E-state index in [0.717, 1.165) is 12.8 Å². The van der Waals surface area contributed by atoms with Crippen molar-refractivity contribution in [2.75, 3.05) is 0 Å². The third-order valence-electron chi connectivity index (χ3n) is 1.96. The van der Waals surface area contributed by atoms with Gasteiger partial charge in [-0.05, 0) is 32.0 Å². The smallest absolute Gasteiger partial charge is 0.284 e. The zero-order chi connectivity index (χ0) is 8.55. The first kappa shape index (κ1) is 7.94. The average Bonchev–Trinajstić information content (AvgIpc) is 2.58. The lowest BCUT2D eigenvalue weighted by Gasteiger charge is -2.04. The van der Waals surface area contributed by atoms with Crippen molar-refractivity contribution in [2.45, 2.75) is 32.0 Å². The molecule has 4 nitrogen and oxygen atoms in total. The van der Waals surface area contributed by atoms with Crippen molar-refractivity contribution in [3.05, 3.63) is 10.7 Å². The molecule has 2 unspecified atom stereocenters. The molecule has 2 heterocycles. The lowest BCUT2D eigenvalue weighted by atomic mass is 10.2. The van der Waals surface area contributed by atoms with Gasteiger partial charge in [0.2, 0.25) is 5.89 Å². The quantitative estimate of drug-likeness (QED) is 0.681. The molecule has 0 bridgehead atoms. The van der Waals surface area contributed by atoms with Crippen LogP contribution in [0, 0.1) is 4.84 Å². The number of rotatable bonds is 1. The third kappa shape index (κ3) is 1.42. The Morgan fingerprint density at radius 1 is 1.58 bits per heavy atom. The van der Waals surface area contributed by atoms with Crippen LogP contribution in [0.25, 0.3) is 0 Å². The molecule has 0 radical (unpaired) electrons. The van der Waals surface area contributed by atoms with Crippen LogP contribution in [0.1, 0.15) is 31.8 Å². The van der Waals surface area contributed by atoms with Crippen molar-refractivity contribution in [1.82, 2.24) is 10.2 Å². The van der Waals surface area contributed by atoms with Gasteiger partial charge in [-0.2, -0.15) is 0 Å². The van der Waals surface area contributed by atoms with Gasteiger partial charge in [-0.3, -0.25) is 0 Å². The van der Waals surface area contributed by atoms with Gasteiger partial charge in [0.05, 0.1) is 6.10 Å². The number of nitrogens with zero attached hydrogens (tertiary/aromatic N) is 1. The van der Waals surface area contributed by atoms with Crippen LogP contribution in [0.15, 0.2) is 4.42 Å². The molecule has 2 atom stereocenters. The molecule has 66 valence electrons. The summed E-state index contributed by atoms with van der Waals surface area (Å²) in [4.78, 5) is 0.313. The summed E-state index contributed by atoms with van der Waals surface area (Å²) in [6, 6.07) is 0. The van der Waals surface area contributed by atoms with Gasteiger partial charge in [-0.1, -0.05) is 0 Å². The Hall–Kier alpha value is -0.680. The molecule has 1 aliphatic heterocycles. The fourth-order valence-corrected chi connectivity index (χ4v) is 1.49. The average molecular weight is 186 g/mol. The molecule has 1 fully saturated rings. The third-order valence-corrected chi connectivity index (χ3v) is 2.14. The standard InChI is InChI=1S/C7H10N2O2S/c1-4-2-3-5(10-4)6-8-9-7(12)11-6/h4-5H,2-3H2,1H3,(H,9,12). The van der Waals surface area contributed by atoms with Crippen molar-refractivity contribution < 1.29 is 9.15 Å². The molecule has 1 N–H and O–H groups in total. The van der Waals surface area contributed by atoms with Crippen molar-refractivity contribution in [1.29, 1.82) is 0 Å². The maximum absolute atomic E-state index is 5.54. The number of ether oxygens (including phenoxy) is 1. The number of hydrogen-bond donors (Lipinski definition) is 1. The molecule has 1 aromatic rings. The van der Waals surface area contributed by atoms with E-state index in [2.05, 4.69) is 10.2 Å². The number of H-pyrrole nitrogens is 1. The summed E-state index contributed by atoms with van der Waals surface area (Å²) in [6.07, 6.45) is 2.31. The van der Waals surface area contributed by atoms with Gasteiger partial charge in [0.25, 0.3) is 4.84 Å². The Kier molecular flexibility index (Phi) is 1.98. The Labute approximate surface area is 74.9 Å². The van der Waals surface area contributed by atoms with E-state index in [9.17, 15) is 0 Å². The molecular formula is C7H10N2O2S. The highest BCUT2D eigenvalue weighted by atomic mass is 32.1. The highest BCUT2D eigenvalue weighted by Gasteiger charge is 2.26. The Bertz CT molecular complexity index is 319. The molecule has 5 heteroatoms. The second-order valence-corrected chi connectivity index (χ2v) is 3.33. The summed E-state index contributed by atoms with van der Waals surface area (Å²) in [5.74, 6) is 0.573. The molecule has 0 spiro atoms. The van der Waals surface area contributed by atoms with E-state index in [1.165, 1.54) is 0 Å². The van der Waals surface area contributed by atoms with Crippen molar-refractivity contribution in [3.8, 4) is 0 Å². The second kappa shape index (κ2) is 2.99. The van der Waals surface area contributed by atoms with Crippen LogP contribution in [-0.2, 0) is 4.74 Å². The maximum Gasteiger partial charge on any atom is 0.284 e. The Balaban J connectivity index is 2.16. The summed E-state index contributed by atoms with van der Waals surface area (Å²) < 4.78 is 10.7. The minimum atomic E-state index is -0.00653. The van der Waals surface area contributed by atoms with Gasteiger partial charge >= 0.3 is 0 Å². The zero-order valence-corrected chi connectivity index (χ0v) is 7.56. The van der Waals surface area contributed by atoms with Crippen molar-refractivity contribution >= 4 is 12.2 Å². The summed E-state index contributed by atoms with van der Waals surface area (Å²) >= 11 is 4.76. The minimum Gasteiger partial charge on any atom is -0.411 e. The van der Waals surface area contributed by atoms with Crippen LogP contribution in [0.2, 0.25) is 0 Å². The summed E-state index contributed by atoms with van der Waals surface area (Å²) in [7, 11) is 0. The summed E-state index contributed by atoms with van der Waals surface area (Å²) in [5.41, 5.74) is 0. The first-order valence-corrected chi connectivity index (χ1v) is 4.37. The van der Waals surface area contributed by atoms with E-state index in [-0.39, 0.29) is 6.10 Å². The van der Waals surface area contributed by atoms with Crippen molar-refractivity contribution in [2.24, 2.45) is 0 Å². The predicted molar refractivity (Wildman–Crippen MR) is 44.2 cm³/mol. The molecule has 0 amide bonds. The summed E-state index contributed by atoms with van der Waals surface area (Å²) in [6.45, 7) is 2.04. The molecule has 2 rings (SSSR count). The van der Waals surface area contributed by atoms with Gasteiger partial charge in [-0.25, -0.2) is 5.10 Å². The molecule has 12 heavy (non-hydrogen) atoms. The first-order chi connectivity index (χ1) is 5.75. The Morgan fingerprint density at radius 3 is 2.92 bits per heavy atom. The van der Waals surface area contributed by atoms with Crippen LogP contribution in [-0.4, -0.2) is 16.3 Å². The number of hydrogen-bond acceptors (Lipinski definition) is 4. The van der Waals surface area contributed by atoms with E-state index < -0.39 is 0 Å². The number of nitrogens with one attached hydrogen (secondary N) is 1. The first-order valence-electron chi connectivity index (χ1n) is 3.96. The van der Waals surface area contributed by atoms with Crippen molar-refractivity contribution in [3.63, 3.8) is 0 Å². The second-order valence-electron chi connectivity index (χ2n) is 2.96. The Morgan fingerprint density at radius 2 is 2.42 bits per heavy atom. The number of aromatic amines is 1. The minimum absolute atomic E-state index is 0.00653. The fourth-order valence-electron chi connectivity index (χ4n) is 1.36. The zero-order valence-electron chi connectivity index (χ0n) is 6.74. The van der Waals surface area contributed by atoms with Gasteiger partial charge < -0.3 is 9.15 Å². The van der Waals surface area contributed by atoms with Crippen LogP contribution in [0.4, 0.5) is 0 Å². The van der Waals surface area contributed by atoms with E-state index in [1.54, 1.807) is 0 Å². The molecular weight excluding hydrogens is 176 g/mol. The molecule has 1 saturated heterocycles. The maximum atomic E-state index is 5.54. The highest BCUT2D eigenvalue weighted by Crippen LogP contribution is 2.30. The van der Waals surface area contributed by atoms with Gasteiger partial charge in [-0.15, -0.1) is 5.10 Å². The largest absolute Gasteiger partial charge is 0.411 e. The van der Waals surface area contributed by atoms with Crippen LogP contribution >= 0.6 is 12.2 Å². The van der Waals surface area contributed by atoms with E-state index in [1.807, 2.05) is 6.92 Å². The fraction of sp³-hybridized carbons (Fsp3) is 0.714. The lowest BCUT2D eigenvalue weighted by Crippen LogP contribution is -2.01. The normalized spacial score (nSPS) is 29.4. The van der Waals surface area contributed by atoms with Crippen LogP contribution in [0.5, 0.6) is 0 Å². The van der Waals surface area contributed by atoms with E-state index >= 15 is 0 Å². The van der Waals surface area contributed by atoms with Gasteiger partial charge in [0, 0.05) is 0 Å². The van der Waals surface area contributed by atoms with E-state index in [0.29, 0.717) is 16.8 Å².